The smallest absolute Gasteiger partial charge is 0.435 e. The summed E-state index contributed by atoms with van der Waals surface area (Å²) < 4.78 is 41.9. The van der Waals surface area contributed by atoms with E-state index in [1.54, 1.807) is 49.4 Å². The summed E-state index contributed by atoms with van der Waals surface area (Å²) >= 11 is 0. The molecule has 0 saturated heterocycles. The van der Waals surface area contributed by atoms with Gasteiger partial charge in [0.25, 0.3) is 5.56 Å². The molecule has 3 aromatic carbocycles. The first-order chi connectivity index (χ1) is 16.6. The molecule has 35 heavy (non-hydrogen) atoms. The third-order valence-corrected chi connectivity index (χ3v) is 5.50. The van der Waals surface area contributed by atoms with Crippen molar-refractivity contribution in [3.8, 4) is 22.6 Å². The zero-order chi connectivity index (χ0) is 25.3. The molecule has 0 saturated carbocycles. The van der Waals surface area contributed by atoms with Crippen LogP contribution in [0.4, 0.5) is 24.5 Å². The van der Waals surface area contributed by atoms with Gasteiger partial charge in [-0.3, -0.25) is 14.7 Å². The number of azo groups is 1. The third kappa shape index (κ3) is 4.63. The summed E-state index contributed by atoms with van der Waals surface area (Å²) in [5.41, 5.74) is -0.402. The van der Waals surface area contributed by atoms with E-state index in [1.807, 2.05) is 6.92 Å². The van der Waals surface area contributed by atoms with Crippen molar-refractivity contribution in [3.05, 3.63) is 93.4 Å². The molecule has 1 aromatic heterocycles. The van der Waals surface area contributed by atoms with Gasteiger partial charge in [0.1, 0.15) is 12.0 Å². The highest BCUT2D eigenvalue weighted by Gasteiger charge is 2.38. The lowest BCUT2D eigenvalue weighted by Crippen LogP contribution is -2.14. The van der Waals surface area contributed by atoms with E-state index in [-0.39, 0.29) is 17.1 Å². The van der Waals surface area contributed by atoms with Crippen molar-refractivity contribution in [2.75, 3.05) is 0 Å². The largest absolute Gasteiger partial charge is 0.505 e. The normalized spacial score (nSPS) is 11.8. The molecule has 7 nitrogen and oxygen atoms in total. The number of aromatic nitrogens is 2. The number of hydrogen-bond acceptors (Lipinski definition) is 5. The van der Waals surface area contributed by atoms with Crippen molar-refractivity contribution in [2.45, 2.75) is 20.0 Å². The quantitative estimate of drug-likeness (QED) is 0.255. The van der Waals surface area contributed by atoms with Crippen LogP contribution >= 0.6 is 0 Å². The van der Waals surface area contributed by atoms with E-state index in [0.29, 0.717) is 23.0 Å². The lowest BCUT2D eigenvalue weighted by atomic mass is 10.0. The van der Waals surface area contributed by atoms with Crippen LogP contribution in [0.1, 0.15) is 27.2 Å². The average molecular weight is 480 g/mol. The average Bonchev–Trinajstić information content (AvgIpc) is 3.17. The number of phenolic OH excluding ortho intramolecular Hbond substituents is 1. The summed E-state index contributed by atoms with van der Waals surface area (Å²) in [6.45, 7) is 3.62. The number of aryl methyl sites for hydroxylation is 2. The van der Waals surface area contributed by atoms with Crippen LogP contribution in [0.25, 0.3) is 16.8 Å². The van der Waals surface area contributed by atoms with Crippen molar-refractivity contribution >= 4 is 17.7 Å². The minimum absolute atomic E-state index is 0.148. The Labute approximate surface area is 197 Å². The highest BCUT2D eigenvalue weighted by molar-refractivity contribution is 5.82. The summed E-state index contributed by atoms with van der Waals surface area (Å²) in [6.07, 6.45) is -4.26. The van der Waals surface area contributed by atoms with E-state index in [0.717, 1.165) is 15.8 Å². The van der Waals surface area contributed by atoms with Gasteiger partial charge in [0.15, 0.2) is 17.1 Å². The lowest BCUT2D eigenvalue weighted by Gasteiger charge is -2.07. The molecule has 0 amide bonds. The number of nitrogens with one attached hydrogen (secondary N) is 1. The van der Waals surface area contributed by atoms with Gasteiger partial charge in [-0.2, -0.15) is 13.2 Å². The Kier molecular flexibility index (Phi) is 6.12. The molecule has 1 heterocycles. The highest BCUT2D eigenvalue weighted by Crippen LogP contribution is 2.39. The molecule has 4 rings (SSSR count). The number of aromatic hydroxyl groups is 1. The van der Waals surface area contributed by atoms with E-state index in [2.05, 4.69) is 15.3 Å². The molecule has 2 N–H and O–H groups in total. The Balaban J connectivity index is 1.80. The second-order valence-corrected chi connectivity index (χ2v) is 7.86. The number of carbonyl (C=O) groups excluding carboxylic acids is 1. The maximum Gasteiger partial charge on any atom is 0.435 e. The molecular formula is C25H19F3N4O3. The number of phenols is 1. The summed E-state index contributed by atoms with van der Waals surface area (Å²) in [4.78, 5) is 23.9. The Morgan fingerprint density at radius 1 is 0.971 bits per heavy atom. The monoisotopic (exact) mass is 480 g/mol. The molecule has 178 valence electrons. The second-order valence-electron chi connectivity index (χ2n) is 7.86. The molecule has 4 aromatic rings. The van der Waals surface area contributed by atoms with Gasteiger partial charge in [-0.15, -0.1) is 10.2 Å². The molecule has 0 atom stereocenters. The first-order valence-electron chi connectivity index (χ1n) is 10.4. The van der Waals surface area contributed by atoms with Crippen LogP contribution in [0.3, 0.4) is 0 Å². The summed E-state index contributed by atoms with van der Waals surface area (Å²) in [5, 5.41) is 20.1. The Morgan fingerprint density at radius 3 is 2.40 bits per heavy atom. The van der Waals surface area contributed by atoms with E-state index in [9.17, 15) is 27.9 Å². The van der Waals surface area contributed by atoms with Crippen molar-refractivity contribution in [1.82, 2.24) is 9.78 Å². The fourth-order valence-electron chi connectivity index (χ4n) is 3.49. The predicted molar refractivity (Wildman–Crippen MR) is 124 cm³/mol. The van der Waals surface area contributed by atoms with Crippen molar-refractivity contribution < 1.29 is 23.1 Å². The SMILES string of the molecule is Cc1ccc(-n2[nH]c(C(F)(F)F)c(N=Nc3cccc(-c4cccc(C=O)c4)c3O)c2=O)cc1C. The van der Waals surface area contributed by atoms with Crippen LogP contribution in [-0.4, -0.2) is 21.2 Å². The number of rotatable bonds is 5. The Bertz CT molecular complexity index is 1520. The first kappa shape index (κ1) is 23.7. The van der Waals surface area contributed by atoms with Crippen LogP contribution in [0.5, 0.6) is 5.75 Å². The topological polar surface area (TPSA) is 99.8 Å². The van der Waals surface area contributed by atoms with Gasteiger partial charge >= 0.3 is 6.18 Å². The number of para-hydroxylation sites is 1. The van der Waals surface area contributed by atoms with Gasteiger partial charge in [-0.1, -0.05) is 36.4 Å². The predicted octanol–water partition coefficient (Wildman–Crippen LogP) is 6.40. The molecule has 0 bridgehead atoms. The van der Waals surface area contributed by atoms with Crippen LogP contribution in [0.2, 0.25) is 0 Å². The maximum absolute atomic E-state index is 13.7. The molecule has 0 unspecified atom stereocenters. The van der Waals surface area contributed by atoms with Crippen LogP contribution in [-0.2, 0) is 6.18 Å². The zero-order valence-corrected chi connectivity index (χ0v) is 18.6. The second kappa shape index (κ2) is 9.05. The van der Waals surface area contributed by atoms with E-state index in [1.165, 1.54) is 18.2 Å². The maximum atomic E-state index is 13.7. The summed E-state index contributed by atoms with van der Waals surface area (Å²) in [5.74, 6) is -0.363. The van der Waals surface area contributed by atoms with Crippen molar-refractivity contribution in [1.29, 1.82) is 0 Å². The third-order valence-electron chi connectivity index (χ3n) is 5.50. The van der Waals surface area contributed by atoms with Crippen LogP contribution < -0.4 is 5.56 Å². The van der Waals surface area contributed by atoms with E-state index >= 15 is 0 Å². The number of H-pyrrole nitrogens is 1. The molecule has 10 heteroatoms. The van der Waals surface area contributed by atoms with Crippen molar-refractivity contribution in [3.63, 3.8) is 0 Å². The standard InChI is InChI=1S/C25H19F3N4O3/c1-14-9-10-18(11-15(14)2)32-24(35)21(23(31-32)25(26,27)28)30-29-20-8-4-7-19(22(20)34)17-6-3-5-16(12-17)13-33/h3-13,31,34H,1-2H3. The fourth-order valence-corrected chi connectivity index (χ4v) is 3.49. The van der Waals surface area contributed by atoms with E-state index < -0.39 is 23.1 Å². The van der Waals surface area contributed by atoms with Crippen molar-refractivity contribution in [2.24, 2.45) is 10.2 Å². The minimum Gasteiger partial charge on any atom is -0.505 e. The number of benzene rings is 3. The van der Waals surface area contributed by atoms with Gasteiger partial charge in [-0.05, 0) is 54.8 Å². The number of halogens is 3. The molecule has 0 aliphatic heterocycles. The number of aldehydes is 1. The lowest BCUT2D eigenvalue weighted by molar-refractivity contribution is -0.140. The zero-order valence-electron chi connectivity index (χ0n) is 18.6. The molecule has 0 spiro atoms. The molecule has 0 fully saturated rings. The number of nitrogens with zero attached hydrogens (tertiary/aromatic N) is 3. The summed E-state index contributed by atoms with van der Waals surface area (Å²) in [6, 6.07) is 15.6. The summed E-state index contributed by atoms with van der Waals surface area (Å²) in [7, 11) is 0. The van der Waals surface area contributed by atoms with Gasteiger partial charge in [0.2, 0.25) is 0 Å². The van der Waals surface area contributed by atoms with E-state index in [4.69, 9.17) is 0 Å². The fraction of sp³-hybridized carbons (Fsp3) is 0.120. The number of carbonyl (C=O) groups is 1. The molecule has 0 aliphatic rings. The number of aromatic amines is 1. The van der Waals surface area contributed by atoms with Crippen LogP contribution in [0, 0.1) is 13.8 Å². The minimum atomic E-state index is -4.91. The molecule has 0 aliphatic carbocycles. The van der Waals surface area contributed by atoms with Gasteiger partial charge in [-0.25, -0.2) is 4.68 Å². The number of alkyl halides is 3. The molecular weight excluding hydrogens is 461 g/mol. The van der Waals surface area contributed by atoms with Gasteiger partial charge < -0.3 is 5.11 Å². The Hall–Kier alpha value is -4.47. The Morgan fingerprint density at radius 2 is 1.71 bits per heavy atom. The highest BCUT2D eigenvalue weighted by atomic mass is 19.4. The van der Waals surface area contributed by atoms with Crippen LogP contribution in [0.15, 0.2) is 75.7 Å². The van der Waals surface area contributed by atoms with Gasteiger partial charge in [0.05, 0.1) is 5.69 Å². The first-order valence-corrected chi connectivity index (χ1v) is 10.4. The number of hydrogen-bond donors (Lipinski definition) is 2. The molecule has 0 radical (unpaired) electrons. The van der Waals surface area contributed by atoms with Gasteiger partial charge in [0, 0.05) is 11.1 Å².